The fourth-order valence-electron chi connectivity index (χ4n) is 6.53. The molecule has 0 saturated heterocycles. The van der Waals surface area contributed by atoms with Gasteiger partial charge in [0, 0.05) is 39.5 Å². The van der Waals surface area contributed by atoms with E-state index < -0.39 is 0 Å². The van der Waals surface area contributed by atoms with Crippen LogP contribution in [0.5, 0.6) is 0 Å². The molecule has 0 unspecified atom stereocenters. The number of aromatic nitrogens is 4. The Hall–Kier alpha value is -6.07. The molecule has 0 radical (unpaired) electrons. The Morgan fingerprint density at radius 1 is 0.511 bits per heavy atom. The number of rotatable bonds is 4. The molecule has 0 spiro atoms. The fraction of sp³-hybridized carbons (Fsp3) is 0.0250. The average Bonchev–Trinajstić information content (AvgIpc) is 3.63. The molecule has 5 aromatic heterocycles. The van der Waals surface area contributed by atoms with Crippen molar-refractivity contribution in [2.45, 2.75) is 6.92 Å². The van der Waals surface area contributed by atoms with Crippen LogP contribution in [0.3, 0.4) is 0 Å². The van der Waals surface area contributed by atoms with E-state index >= 15 is 0 Å². The third kappa shape index (κ3) is 4.13. The van der Waals surface area contributed by atoms with Gasteiger partial charge in [-0.05, 0) is 96.4 Å². The van der Waals surface area contributed by atoms with Crippen LogP contribution in [0.25, 0.3) is 83.3 Å². The molecule has 0 bridgehead atoms. The highest BCUT2D eigenvalue weighted by Crippen LogP contribution is 2.39. The molecule has 0 amide bonds. The van der Waals surface area contributed by atoms with Crippen LogP contribution < -0.4 is 0 Å². The molecule has 0 saturated carbocycles. The standard InChI is InChI=1S/C40H26N4O/c1-25-20-37-31(24-30(25)26-16-17-39-32(21-26)29-11-3-5-15-38(29)45-39)28-10-2-4-14-36(28)44(37)40-23-27(33-12-6-8-18-41-33)22-35(43-40)34-13-7-9-19-42-34/h2-24H,1H3. The highest BCUT2D eigenvalue weighted by atomic mass is 16.3. The Bertz CT molecular complexity index is 2490. The fourth-order valence-corrected chi connectivity index (χ4v) is 6.53. The Kier molecular flexibility index (Phi) is 5.65. The summed E-state index contributed by atoms with van der Waals surface area (Å²) >= 11 is 0. The summed E-state index contributed by atoms with van der Waals surface area (Å²) in [4.78, 5) is 14.5. The molecule has 0 atom stereocenters. The predicted octanol–water partition coefficient (Wildman–Crippen LogP) is 10.2. The summed E-state index contributed by atoms with van der Waals surface area (Å²) in [5, 5.41) is 4.61. The van der Waals surface area contributed by atoms with E-state index in [0.717, 1.165) is 67.0 Å². The molecule has 5 nitrogen and oxygen atoms in total. The van der Waals surface area contributed by atoms with E-state index in [1.54, 1.807) is 6.20 Å². The molecule has 45 heavy (non-hydrogen) atoms. The molecular formula is C40H26N4O. The smallest absolute Gasteiger partial charge is 0.139 e. The Morgan fingerprint density at radius 3 is 2.07 bits per heavy atom. The number of nitrogens with zero attached hydrogens (tertiary/aromatic N) is 4. The van der Waals surface area contributed by atoms with Crippen molar-refractivity contribution in [2.75, 3.05) is 0 Å². The van der Waals surface area contributed by atoms with Crippen molar-refractivity contribution in [1.29, 1.82) is 0 Å². The number of hydrogen-bond acceptors (Lipinski definition) is 4. The van der Waals surface area contributed by atoms with Crippen molar-refractivity contribution < 1.29 is 4.42 Å². The molecule has 0 aliphatic rings. The summed E-state index contributed by atoms with van der Waals surface area (Å²) < 4.78 is 8.39. The van der Waals surface area contributed by atoms with Crippen LogP contribution in [-0.2, 0) is 0 Å². The second-order valence-electron chi connectivity index (χ2n) is 11.4. The molecule has 9 aromatic rings. The largest absolute Gasteiger partial charge is 0.456 e. The molecule has 0 N–H and O–H groups in total. The number of pyridine rings is 3. The van der Waals surface area contributed by atoms with Crippen LogP contribution in [0.4, 0.5) is 0 Å². The van der Waals surface area contributed by atoms with Crippen LogP contribution >= 0.6 is 0 Å². The summed E-state index contributed by atoms with van der Waals surface area (Å²) in [7, 11) is 0. The predicted molar refractivity (Wildman–Crippen MR) is 182 cm³/mol. The van der Waals surface area contributed by atoms with Gasteiger partial charge in [-0.15, -0.1) is 0 Å². The minimum absolute atomic E-state index is 0.800. The van der Waals surface area contributed by atoms with Gasteiger partial charge in [-0.1, -0.05) is 54.6 Å². The zero-order valence-electron chi connectivity index (χ0n) is 24.5. The van der Waals surface area contributed by atoms with Crippen molar-refractivity contribution in [3.8, 4) is 39.6 Å². The van der Waals surface area contributed by atoms with E-state index in [2.05, 4.69) is 100 Å². The third-order valence-corrected chi connectivity index (χ3v) is 8.64. The summed E-state index contributed by atoms with van der Waals surface area (Å²) in [5.74, 6) is 0.823. The minimum atomic E-state index is 0.800. The molecule has 212 valence electrons. The molecule has 0 aliphatic heterocycles. The quantitative estimate of drug-likeness (QED) is 0.208. The average molecular weight is 579 g/mol. The number of hydrogen-bond donors (Lipinski definition) is 0. The van der Waals surface area contributed by atoms with Gasteiger partial charge in [0.2, 0.25) is 0 Å². The minimum Gasteiger partial charge on any atom is -0.456 e. The van der Waals surface area contributed by atoms with Crippen molar-refractivity contribution in [1.82, 2.24) is 19.5 Å². The molecule has 5 heterocycles. The highest BCUT2D eigenvalue weighted by Gasteiger charge is 2.18. The maximum Gasteiger partial charge on any atom is 0.139 e. The summed E-state index contributed by atoms with van der Waals surface area (Å²) in [6, 6.07) is 44.0. The summed E-state index contributed by atoms with van der Waals surface area (Å²) in [6.07, 6.45) is 3.63. The van der Waals surface area contributed by atoms with Gasteiger partial charge < -0.3 is 4.42 Å². The Balaban J connectivity index is 1.29. The normalized spacial score (nSPS) is 11.7. The van der Waals surface area contributed by atoms with Gasteiger partial charge in [-0.2, -0.15) is 0 Å². The van der Waals surface area contributed by atoms with E-state index in [1.807, 2.05) is 54.7 Å². The van der Waals surface area contributed by atoms with Crippen LogP contribution in [0.2, 0.25) is 0 Å². The van der Waals surface area contributed by atoms with Gasteiger partial charge in [0.1, 0.15) is 17.0 Å². The molecule has 0 fully saturated rings. The van der Waals surface area contributed by atoms with Gasteiger partial charge >= 0.3 is 0 Å². The van der Waals surface area contributed by atoms with Crippen LogP contribution in [0, 0.1) is 6.92 Å². The monoisotopic (exact) mass is 578 g/mol. The maximum absolute atomic E-state index is 6.12. The van der Waals surface area contributed by atoms with Crippen LogP contribution in [0.1, 0.15) is 5.56 Å². The van der Waals surface area contributed by atoms with Crippen molar-refractivity contribution in [3.05, 3.63) is 145 Å². The number of furan rings is 1. The first-order chi connectivity index (χ1) is 22.2. The molecule has 4 aromatic carbocycles. The first kappa shape index (κ1) is 25.4. The third-order valence-electron chi connectivity index (χ3n) is 8.64. The molecule has 0 aliphatic carbocycles. The summed E-state index contributed by atoms with van der Waals surface area (Å²) in [5.41, 5.74) is 11.0. The first-order valence-corrected chi connectivity index (χ1v) is 15.0. The van der Waals surface area contributed by atoms with Crippen LogP contribution in [-0.4, -0.2) is 19.5 Å². The lowest BCUT2D eigenvalue weighted by Gasteiger charge is -2.13. The lowest BCUT2D eigenvalue weighted by Crippen LogP contribution is -2.01. The van der Waals surface area contributed by atoms with E-state index in [-0.39, 0.29) is 0 Å². The molecule has 9 rings (SSSR count). The summed E-state index contributed by atoms with van der Waals surface area (Å²) in [6.45, 7) is 2.19. The van der Waals surface area contributed by atoms with Crippen LogP contribution in [0.15, 0.2) is 144 Å². The maximum atomic E-state index is 6.12. The van der Waals surface area contributed by atoms with Crippen molar-refractivity contribution in [2.24, 2.45) is 0 Å². The second-order valence-corrected chi connectivity index (χ2v) is 11.4. The highest BCUT2D eigenvalue weighted by molar-refractivity contribution is 6.11. The lowest BCUT2D eigenvalue weighted by molar-refractivity contribution is 0.669. The number of benzene rings is 4. The topological polar surface area (TPSA) is 56.7 Å². The van der Waals surface area contributed by atoms with Gasteiger partial charge in [-0.25, -0.2) is 4.98 Å². The Labute approximate surface area is 259 Å². The Morgan fingerprint density at radius 2 is 1.24 bits per heavy atom. The lowest BCUT2D eigenvalue weighted by atomic mass is 9.96. The number of aryl methyl sites for hydroxylation is 1. The van der Waals surface area contributed by atoms with Crippen molar-refractivity contribution >= 4 is 43.7 Å². The molecular weight excluding hydrogens is 552 g/mol. The van der Waals surface area contributed by atoms with E-state index in [0.29, 0.717) is 0 Å². The SMILES string of the molecule is Cc1cc2c(cc1-c1ccc3oc4ccccc4c3c1)c1ccccc1n2-c1cc(-c2ccccn2)cc(-c2ccccn2)n1. The van der Waals surface area contributed by atoms with E-state index in [1.165, 1.54) is 21.9 Å². The molecule has 5 heteroatoms. The second kappa shape index (κ2) is 10.00. The van der Waals surface area contributed by atoms with E-state index in [9.17, 15) is 0 Å². The van der Waals surface area contributed by atoms with Gasteiger partial charge in [0.25, 0.3) is 0 Å². The first-order valence-electron chi connectivity index (χ1n) is 15.0. The number of para-hydroxylation sites is 2. The van der Waals surface area contributed by atoms with E-state index in [4.69, 9.17) is 9.40 Å². The zero-order chi connectivity index (χ0) is 29.9. The number of fused-ring (bicyclic) bond motifs is 6. The zero-order valence-corrected chi connectivity index (χ0v) is 24.5. The van der Waals surface area contributed by atoms with Crippen molar-refractivity contribution in [3.63, 3.8) is 0 Å². The van der Waals surface area contributed by atoms with Gasteiger partial charge in [0.15, 0.2) is 0 Å². The van der Waals surface area contributed by atoms with Gasteiger partial charge in [0.05, 0.1) is 28.1 Å². The van der Waals surface area contributed by atoms with Gasteiger partial charge in [-0.3, -0.25) is 14.5 Å².